The van der Waals surface area contributed by atoms with Gasteiger partial charge < -0.3 is 0 Å². The van der Waals surface area contributed by atoms with Crippen molar-refractivity contribution in [2.75, 3.05) is 5.32 Å². The first-order chi connectivity index (χ1) is 12.4. The van der Waals surface area contributed by atoms with Crippen LogP contribution in [0.25, 0.3) is 11.3 Å². The maximum absolute atomic E-state index is 12.5. The van der Waals surface area contributed by atoms with Gasteiger partial charge in [-0.1, -0.05) is 35.9 Å². The molecule has 0 atom stereocenters. The second-order valence-corrected chi connectivity index (χ2v) is 7.25. The number of benzene rings is 2. The smallest absolute Gasteiger partial charge is 0.285 e. The number of aryl methyl sites for hydroxylation is 2. The van der Waals surface area contributed by atoms with E-state index < -0.39 is 10.8 Å². The summed E-state index contributed by atoms with van der Waals surface area (Å²) in [5.41, 5.74) is 1.86. The molecule has 0 saturated heterocycles. The standard InChI is InChI=1S/C18H14ClN3O3S/c1-10-4-3-5-14(16(10)22(24)25)17(23)21-18-20-15(11(2)26-18)12-6-8-13(19)9-7-12/h3-9H,1-2H3,(H,20,21,23). The Labute approximate surface area is 158 Å². The molecule has 0 fully saturated rings. The van der Waals surface area contributed by atoms with Gasteiger partial charge >= 0.3 is 0 Å². The normalized spacial score (nSPS) is 10.6. The Morgan fingerprint density at radius 3 is 2.54 bits per heavy atom. The molecule has 0 aliphatic rings. The molecule has 6 nitrogen and oxygen atoms in total. The molecule has 1 amide bonds. The highest BCUT2D eigenvalue weighted by Gasteiger charge is 2.23. The summed E-state index contributed by atoms with van der Waals surface area (Å²) >= 11 is 7.21. The lowest BCUT2D eigenvalue weighted by Crippen LogP contribution is -2.14. The van der Waals surface area contributed by atoms with Gasteiger partial charge in [0.05, 0.1) is 10.6 Å². The summed E-state index contributed by atoms with van der Waals surface area (Å²) in [6.07, 6.45) is 0. The molecular weight excluding hydrogens is 374 g/mol. The Morgan fingerprint density at radius 2 is 1.88 bits per heavy atom. The van der Waals surface area contributed by atoms with Crippen LogP contribution >= 0.6 is 22.9 Å². The van der Waals surface area contributed by atoms with Gasteiger partial charge in [-0.2, -0.15) is 0 Å². The number of para-hydroxylation sites is 1. The number of anilines is 1. The monoisotopic (exact) mass is 387 g/mol. The number of amides is 1. The molecule has 26 heavy (non-hydrogen) atoms. The molecule has 3 rings (SSSR count). The maximum Gasteiger partial charge on any atom is 0.285 e. The molecule has 0 aliphatic carbocycles. The Balaban J connectivity index is 1.90. The second-order valence-electron chi connectivity index (χ2n) is 5.61. The summed E-state index contributed by atoms with van der Waals surface area (Å²) in [5, 5.41) is 14.9. The number of hydrogen-bond acceptors (Lipinski definition) is 5. The highest BCUT2D eigenvalue weighted by atomic mass is 35.5. The van der Waals surface area contributed by atoms with E-state index in [1.807, 2.05) is 19.1 Å². The number of carbonyl (C=O) groups excluding carboxylic acids is 1. The van der Waals surface area contributed by atoms with Crippen LogP contribution < -0.4 is 5.32 Å². The van der Waals surface area contributed by atoms with Gasteiger partial charge in [-0.25, -0.2) is 4.98 Å². The van der Waals surface area contributed by atoms with Crippen molar-refractivity contribution >= 4 is 39.7 Å². The van der Waals surface area contributed by atoms with Crippen molar-refractivity contribution in [2.24, 2.45) is 0 Å². The van der Waals surface area contributed by atoms with Gasteiger partial charge in [-0.15, -0.1) is 11.3 Å². The number of hydrogen-bond donors (Lipinski definition) is 1. The molecule has 3 aromatic rings. The fraction of sp³-hybridized carbons (Fsp3) is 0.111. The van der Waals surface area contributed by atoms with Crippen molar-refractivity contribution in [3.63, 3.8) is 0 Å². The molecule has 1 aromatic heterocycles. The van der Waals surface area contributed by atoms with Crippen LogP contribution in [0.4, 0.5) is 10.8 Å². The summed E-state index contributed by atoms with van der Waals surface area (Å²) < 4.78 is 0. The maximum atomic E-state index is 12.5. The summed E-state index contributed by atoms with van der Waals surface area (Å²) in [6.45, 7) is 3.49. The third-order valence-corrected chi connectivity index (χ3v) is 4.94. The van der Waals surface area contributed by atoms with E-state index in [1.54, 1.807) is 31.2 Å². The van der Waals surface area contributed by atoms with Crippen LogP contribution in [0, 0.1) is 24.0 Å². The minimum Gasteiger partial charge on any atom is -0.298 e. The van der Waals surface area contributed by atoms with Gasteiger partial charge in [0.1, 0.15) is 5.56 Å². The predicted octanol–water partition coefficient (Wildman–Crippen LogP) is 5.24. The van der Waals surface area contributed by atoms with Crippen molar-refractivity contribution < 1.29 is 9.72 Å². The molecule has 0 spiro atoms. The molecule has 0 bridgehead atoms. The van der Waals surface area contributed by atoms with E-state index in [4.69, 9.17) is 11.6 Å². The Hall–Kier alpha value is -2.77. The van der Waals surface area contributed by atoms with E-state index in [9.17, 15) is 14.9 Å². The minimum absolute atomic E-state index is 0.0101. The van der Waals surface area contributed by atoms with Crippen LogP contribution in [0.15, 0.2) is 42.5 Å². The average Bonchev–Trinajstić information content (AvgIpc) is 2.95. The number of nitrogens with one attached hydrogen (secondary N) is 1. The molecule has 0 radical (unpaired) electrons. The Morgan fingerprint density at radius 1 is 1.19 bits per heavy atom. The molecule has 1 heterocycles. The zero-order chi connectivity index (χ0) is 18.8. The zero-order valence-corrected chi connectivity index (χ0v) is 15.5. The molecule has 0 saturated carbocycles. The number of nitro groups is 1. The number of thiazole rings is 1. The van der Waals surface area contributed by atoms with Crippen LogP contribution in [0.1, 0.15) is 20.8 Å². The van der Waals surface area contributed by atoms with E-state index in [1.165, 1.54) is 17.4 Å². The fourth-order valence-corrected chi connectivity index (χ4v) is 3.53. The third-order valence-electron chi connectivity index (χ3n) is 3.80. The quantitative estimate of drug-likeness (QED) is 0.490. The van der Waals surface area contributed by atoms with Crippen LogP contribution in [-0.2, 0) is 0 Å². The number of aromatic nitrogens is 1. The number of rotatable bonds is 4. The van der Waals surface area contributed by atoms with Crippen molar-refractivity contribution in [3.05, 3.63) is 73.6 Å². The first-order valence-corrected chi connectivity index (χ1v) is 8.85. The van der Waals surface area contributed by atoms with Gasteiger partial charge in [-0.3, -0.25) is 20.2 Å². The molecular formula is C18H14ClN3O3S. The summed E-state index contributed by atoms with van der Waals surface area (Å²) in [4.78, 5) is 28.6. The van der Waals surface area contributed by atoms with E-state index in [0.717, 1.165) is 16.1 Å². The van der Waals surface area contributed by atoms with Crippen LogP contribution in [-0.4, -0.2) is 15.8 Å². The minimum atomic E-state index is -0.559. The highest BCUT2D eigenvalue weighted by Crippen LogP contribution is 2.32. The van der Waals surface area contributed by atoms with Crippen LogP contribution in [0.2, 0.25) is 5.02 Å². The van der Waals surface area contributed by atoms with Crippen molar-refractivity contribution in [3.8, 4) is 11.3 Å². The summed E-state index contributed by atoms with van der Waals surface area (Å²) in [5.74, 6) is -0.559. The van der Waals surface area contributed by atoms with Gasteiger partial charge in [0.2, 0.25) is 0 Å². The Kier molecular flexibility index (Phi) is 5.01. The first kappa shape index (κ1) is 18.0. The first-order valence-electron chi connectivity index (χ1n) is 7.65. The lowest BCUT2D eigenvalue weighted by molar-refractivity contribution is -0.385. The lowest BCUT2D eigenvalue weighted by Gasteiger charge is -2.05. The van der Waals surface area contributed by atoms with Gasteiger partial charge in [0.15, 0.2) is 5.13 Å². The lowest BCUT2D eigenvalue weighted by atomic mass is 10.1. The largest absolute Gasteiger partial charge is 0.298 e. The van der Waals surface area contributed by atoms with E-state index >= 15 is 0 Å². The fourth-order valence-electron chi connectivity index (χ4n) is 2.57. The SMILES string of the molecule is Cc1cccc(C(=O)Nc2nc(-c3ccc(Cl)cc3)c(C)s2)c1[N+](=O)[O-]. The van der Waals surface area contributed by atoms with Crippen molar-refractivity contribution in [1.82, 2.24) is 4.98 Å². The molecule has 8 heteroatoms. The number of carbonyl (C=O) groups is 1. The van der Waals surface area contributed by atoms with Gasteiger partial charge in [0.25, 0.3) is 11.6 Å². The number of nitro benzene ring substituents is 1. The Bertz CT molecular complexity index is 999. The van der Waals surface area contributed by atoms with Crippen LogP contribution in [0.3, 0.4) is 0 Å². The van der Waals surface area contributed by atoms with E-state index in [0.29, 0.717) is 15.7 Å². The van der Waals surface area contributed by atoms with Gasteiger partial charge in [0, 0.05) is 21.0 Å². The second kappa shape index (κ2) is 7.23. The molecule has 0 aliphatic heterocycles. The summed E-state index contributed by atoms with van der Waals surface area (Å²) in [7, 11) is 0. The summed E-state index contributed by atoms with van der Waals surface area (Å²) in [6, 6.07) is 11.9. The van der Waals surface area contributed by atoms with Gasteiger partial charge in [-0.05, 0) is 32.0 Å². The van der Waals surface area contributed by atoms with Crippen molar-refractivity contribution in [2.45, 2.75) is 13.8 Å². The van der Waals surface area contributed by atoms with Crippen LogP contribution in [0.5, 0.6) is 0 Å². The van der Waals surface area contributed by atoms with E-state index in [2.05, 4.69) is 10.3 Å². The third kappa shape index (κ3) is 3.58. The predicted molar refractivity (Wildman–Crippen MR) is 103 cm³/mol. The number of halogens is 1. The molecule has 0 unspecified atom stereocenters. The van der Waals surface area contributed by atoms with E-state index in [-0.39, 0.29) is 11.3 Å². The zero-order valence-electron chi connectivity index (χ0n) is 13.9. The topological polar surface area (TPSA) is 85.1 Å². The average molecular weight is 388 g/mol. The molecule has 2 aromatic carbocycles. The highest BCUT2D eigenvalue weighted by molar-refractivity contribution is 7.16. The van der Waals surface area contributed by atoms with Crippen molar-refractivity contribution in [1.29, 1.82) is 0 Å². The molecule has 132 valence electrons. The number of nitrogens with zero attached hydrogens (tertiary/aromatic N) is 2. The molecule has 1 N–H and O–H groups in total.